The monoisotopic (exact) mass is 468 g/mol. The van der Waals surface area contributed by atoms with Gasteiger partial charge in [0.15, 0.2) is 6.17 Å². The number of nitrogens with zero attached hydrogens (tertiary/aromatic N) is 1. The predicted molar refractivity (Wildman–Crippen MR) is 111 cm³/mol. The lowest BCUT2D eigenvalue weighted by Gasteiger charge is -2.40. The maximum Gasteiger partial charge on any atom is 0.451 e. The lowest BCUT2D eigenvalue weighted by molar-refractivity contribution is -0.144. The Morgan fingerprint density at radius 2 is 1.82 bits per heavy atom. The number of benzene rings is 1. The smallest absolute Gasteiger partial charge is 0.451 e. The van der Waals surface area contributed by atoms with Crippen LogP contribution in [0.2, 0.25) is 6.32 Å². The molecule has 1 saturated heterocycles. The first-order chi connectivity index (χ1) is 15.4. The van der Waals surface area contributed by atoms with Crippen molar-refractivity contribution in [1.29, 1.82) is 0 Å². The number of likely N-dealkylation sites (tertiary alicyclic amines) is 1. The Balaban J connectivity index is 1.95. The molecular formula is C18H25BN4O10. The van der Waals surface area contributed by atoms with Gasteiger partial charge in [-0.05, 0) is 24.4 Å². The highest BCUT2D eigenvalue weighted by atomic mass is 16.5. The Morgan fingerprint density at radius 3 is 2.36 bits per heavy atom. The van der Waals surface area contributed by atoms with E-state index in [2.05, 4.69) is 5.32 Å². The predicted octanol–water partition coefficient (Wildman–Crippen LogP) is -3.10. The number of nitrogens with two attached hydrogens (primary N) is 2. The van der Waals surface area contributed by atoms with Crippen molar-refractivity contribution in [3.05, 3.63) is 23.3 Å². The summed E-state index contributed by atoms with van der Waals surface area (Å²) in [7, 11) is -1.61. The number of carboxylic acids is 2. The van der Waals surface area contributed by atoms with Crippen LogP contribution < -0.4 is 21.5 Å². The van der Waals surface area contributed by atoms with E-state index in [9.17, 15) is 29.4 Å². The third kappa shape index (κ3) is 6.79. The Kier molecular flexibility index (Phi) is 8.59. The summed E-state index contributed by atoms with van der Waals surface area (Å²) in [6.45, 7) is 0.0315. The fraction of sp³-hybridized carbons (Fsp3) is 0.444. The number of carbonyl (C=O) groups excluding carboxylic acids is 2. The number of rotatable bonds is 11. The van der Waals surface area contributed by atoms with E-state index < -0.39 is 66.9 Å². The summed E-state index contributed by atoms with van der Waals surface area (Å²) in [5, 5.41) is 48.4. The third-order valence-electron chi connectivity index (χ3n) is 4.86. The summed E-state index contributed by atoms with van der Waals surface area (Å²) in [6.07, 6.45) is -2.79. The van der Waals surface area contributed by atoms with E-state index in [1.807, 2.05) is 0 Å². The number of aryl methyl sites for hydroxylation is 1. The maximum absolute atomic E-state index is 12.3. The lowest BCUT2D eigenvalue weighted by Crippen LogP contribution is -2.64. The minimum Gasteiger partial charge on any atom is -0.507 e. The number of hydrogen-bond acceptors (Lipinski definition) is 10. The average Bonchev–Trinajstić information content (AvgIpc) is 2.67. The molecule has 10 N–H and O–H groups in total. The molecule has 1 aromatic rings. The summed E-state index contributed by atoms with van der Waals surface area (Å²) in [5.74, 6) is -5.01. The van der Waals surface area contributed by atoms with Crippen molar-refractivity contribution in [2.45, 2.75) is 37.5 Å². The minimum atomic E-state index is -1.61. The zero-order chi connectivity index (χ0) is 24.9. The topological polar surface area (TPSA) is 246 Å². The minimum absolute atomic E-state index is 0.0157. The van der Waals surface area contributed by atoms with Crippen LogP contribution in [0.3, 0.4) is 0 Å². The van der Waals surface area contributed by atoms with Crippen molar-refractivity contribution in [3.63, 3.8) is 0 Å². The Bertz CT molecular complexity index is 922. The highest BCUT2D eigenvalue weighted by molar-refractivity contribution is 6.41. The Hall–Kier alpha value is -3.40. The van der Waals surface area contributed by atoms with Crippen LogP contribution in [0.1, 0.15) is 22.3 Å². The number of carboxylic acid groups (broad SMARTS) is 2. The molecule has 0 radical (unpaired) electrons. The number of hydrogen-bond donors (Lipinski definition) is 8. The Morgan fingerprint density at radius 1 is 1.18 bits per heavy atom. The lowest BCUT2D eigenvalue weighted by atomic mass is 9.82. The number of aromatic carboxylic acids is 1. The van der Waals surface area contributed by atoms with Crippen molar-refractivity contribution in [2.24, 2.45) is 11.5 Å². The van der Waals surface area contributed by atoms with Gasteiger partial charge in [0.2, 0.25) is 5.91 Å². The molecular weight excluding hydrogens is 443 g/mol. The second-order valence-corrected chi connectivity index (χ2v) is 7.44. The number of carbonyl (C=O) groups is 4. The van der Waals surface area contributed by atoms with Crippen molar-refractivity contribution in [1.82, 2.24) is 10.2 Å². The standard InChI is InChI=1S/C18H25BN4O10/c20-10(5-12(24)25)16(27)22-15(21)17(28)23-6-9(7-23)33-11-2-1-8(3-4-19(31)32)14(26)13(11)18(29)30/h1-2,9-10,15,26,31-32H,3-7,20-21H2,(H,22,27)(H,24,25)(H,29,30)/t10-,15+/m1/s1. The van der Waals surface area contributed by atoms with Gasteiger partial charge in [-0.3, -0.25) is 14.4 Å². The molecule has 1 fully saturated rings. The van der Waals surface area contributed by atoms with E-state index in [-0.39, 0.29) is 37.1 Å². The molecule has 0 saturated carbocycles. The number of nitrogens with one attached hydrogen (secondary N) is 1. The largest absolute Gasteiger partial charge is 0.507 e. The van der Waals surface area contributed by atoms with Gasteiger partial charge in [-0.1, -0.05) is 6.07 Å². The zero-order valence-corrected chi connectivity index (χ0v) is 17.4. The SMILES string of the molecule is N[C@H](CC(=O)O)C(=O)N[C@H](N)C(=O)N1CC(Oc2ccc(CCB(O)O)c(O)c2C(=O)O)C1. The molecule has 1 aliphatic rings. The summed E-state index contributed by atoms with van der Waals surface area (Å²) in [4.78, 5) is 47.5. The molecule has 0 aromatic heterocycles. The van der Waals surface area contributed by atoms with Crippen molar-refractivity contribution in [2.75, 3.05) is 13.1 Å². The van der Waals surface area contributed by atoms with Gasteiger partial charge in [-0.15, -0.1) is 0 Å². The molecule has 33 heavy (non-hydrogen) atoms. The molecule has 1 aromatic carbocycles. The van der Waals surface area contributed by atoms with Crippen LogP contribution >= 0.6 is 0 Å². The van der Waals surface area contributed by atoms with Crippen LogP contribution in [0.15, 0.2) is 12.1 Å². The fourth-order valence-corrected chi connectivity index (χ4v) is 3.08. The molecule has 2 amide bonds. The summed E-state index contributed by atoms with van der Waals surface area (Å²) in [5.41, 5.74) is 10.7. The molecule has 1 aliphatic heterocycles. The quantitative estimate of drug-likeness (QED) is 0.119. The molecule has 180 valence electrons. The van der Waals surface area contributed by atoms with Gasteiger partial charge in [0.25, 0.3) is 5.91 Å². The molecule has 15 heteroatoms. The average molecular weight is 468 g/mol. The van der Waals surface area contributed by atoms with E-state index in [1.165, 1.54) is 17.0 Å². The molecule has 0 aliphatic carbocycles. The van der Waals surface area contributed by atoms with Crippen LogP contribution in [-0.4, -0.2) is 92.5 Å². The van der Waals surface area contributed by atoms with E-state index >= 15 is 0 Å². The number of aliphatic carboxylic acids is 1. The normalized spacial score (nSPS) is 15.2. The second kappa shape index (κ2) is 11.0. The van der Waals surface area contributed by atoms with Gasteiger partial charge in [-0.25, -0.2) is 4.79 Å². The van der Waals surface area contributed by atoms with E-state index in [4.69, 9.17) is 31.4 Å². The molecule has 1 heterocycles. The van der Waals surface area contributed by atoms with Crippen LogP contribution in [0.4, 0.5) is 0 Å². The first kappa shape index (κ1) is 25.9. The van der Waals surface area contributed by atoms with E-state index in [1.54, 1.807) is 0 Å². The number of aromatic hydroxyl groups is 1. The van der Waals surface area contributed by atoms with Crippen LogP contribution in [0.25, 0.3) is 0 Å². The van der Waals surface area contributed by atoms with E-state index in [0.29, 0.717) is 0 Å². The number of amides is 2. The molecule has 0 bridgehead atoms. The van der Waals surface area contributed by atoms with Gasteiger partial charge in [0, 0.05) is 0 Å². The van der Waals surface area contributed by atoms with Gasteiger partial charge in [0.1, 0.15) is 23.2 Å². The summed E-state index contributed by atoms with van der Waals surface area (Å²) in [6, 6.07) is 1.34. The number of phenols is 1. The fourth-order valence-electron chi connectivity index (χ4n) is 3.08. The Labute approximate surface area is 187 Å². The van der Waals surface area contributed by atoms with E-state index in [0.717, 1.165) is 0 Å². The third-order valence-corrected chi connectivity index (χ3v) is 4.86. The first-order valence-electron chi connectivity index (χ1n) is 9.83. The van der Waals surface area contributed by atoms with Gasteiger partial charge in [0.05, 0.1) is 25.6 Å². The highest BCUT2D eigenvalue weighted by Gasteiger charge is 2.36. The van der Waals surface area contributed by atoms with Gasteiger partial charge < -0.3 is 51.8 Å². The molecule has 14 nitrogen and oxygen atoms in total. The maximum atomic E-state index is 12.3. The number of ether oxygens (including phenoxy) is 1. The zero-order valence-electron chi connectivity index (χ0n) is 17.4. The van der Waals surface area contributed by atoms with Gasteiger partial charge in [-0.2, -0.15) is 0 Å². The van der Waals surface area contributed by atoms with Crippen LogP contribution in [0, 0.1) is 0 Å². The molecule has 0 unspecified atom stereocenters. The van der Waals surface area contributed by atoms with Crippen molar-refractivity contribution >= 4 is 30.9 Å². The van der Waals surface area contributed by atoms with Gasteiger partial charge >= 0.3 is 19.1 Å². The van der Waals surface area contributed by atoms with Crippen LogP contribution in [0.5, 0.6) is 11.5 Å². The molecule has 0 spiro atoms. The second-order valence-electron chi connectivity index (χ2n) is 7.44. The molecule has 2 atom stereocenters. The highest BCUT2D eigenvalue weighted by Crippen LogP contribution is 2.34. The van der Waals surface area contributed by atoms with Crippen LogP contribution in [-0.2, 0) is 20.8 Å². The summed E-state index contributed by atoms with van der Waals surface area (Å²) >= 11 is 0. The van der Waals surface area contributed by atoms with Crippen molar-refractivity contribution in [3.8, 4) is 11.5 Å². The van der Waals surface area contributed by atoms with Crippen molar-refractivity contribution < 1.29 is 49.3 Å². The molecule has 2 rings (SSSR count). The summed E-state index contributed by atoms with van der Waals surface area (Å²) < 4.78 is 5.58. The first-order valence-corrected chi connectivity index (χ1v) is 9.83.